The second-order valence-corrected chi connectivity index (χ2v) is 7.97. The molecule has 0 atom stereocenters. The molecule has 0 aliphatic heterocycles. The number of ether oxygens (including phenoxy) is 1. The largest absolute Gasteiger partial charge is 0.494 e. The van der Waals surface area contributed by atoms with Crippen LogP contribution in [-0.2, 0) is 0 Å². The van der Waals surface area contributed by atoms with Gasteiger partial charge in [-0.1, -0.05) is 16.9 Å². The first kappa shape index (κ1) is 19.8. The second kappa shape index (κ2) is 8.08. The monoisotopic (exact) mass is 445 g/mol. The van der Waals surface area contributed by atoms with E-state index in [0.717, 1.165) is 23.1 Å². The summed E-state index contributed by atoms with van der Waals surface area (Å²) in [6.07, 6.45) is 0. The summed E-state index contributed by atoms with van der Waals surface area (Å²) in [7, 11) is 1.36. The third kappa shape index (κ3) is 3.69. The summed E-state index contributed by atoms with van der Waals surface area (Å²) in [5.74, 6) is -2.13. The normalized spacial score (nSPS) is 10.9. The third-order valence-corrected chi connectivity index (χ3v) is 6.43. The zero-order valence-electron chi connectivity index (χ0n) is 15.2. The molecule has 0 radical (unpaired) electrons. The number of thiophene rings is 1. The molecule has 3 N–H and O–H groups in total. The summed E-state index contributed by atoms with van der Waals surface area (Å²) in [5.41, 5.74) is 0.123. The van der Waals surface area contributed by atoms with Gasteiger partial charge in [-0.05, 0) is 41.6 Å². The zero-order chi connectivity index (χ0) is 21.3. The van der Waals surface area contributed by atoms with Gasteiger partial charge < -0.3 is 9.84 Å². The highest BCUT2D eigenvalue weighted by Crippen LogP contribution is 2.44. The highest BCUT2D eigenvalue weighted by Gasteiger charge is 2.24. The summed E-state index contributed by atoms with van der Waals surface area (Å²) in [4.78, 5) is 25.2. The van der Waals surface area contributed by atoms with Crippen molar-refractivity contribution in [1.82, 2.24) is 20.6 Å². The fourth-order valence-corrected chi connectivity index (χ4v) is 4.96. The molecule has 4 rings (SSSR count). The van der Waals surface area contributed by atoms with Crippen LogP contribution in [0.1, 0.15) is 20.0 Å². The van der Waals surface area contributed by atoms with E-state index in [1.807, 2.05) is 0 Å². The van der Waals surface area contributed by atoms with Gasteiger partial charge in [-0.3, -0.25) is 10.1 Å². The number of carboxylic acid groups (broad SMARTS) is 1. The molecule has 0 aliphatic rings. The zero-order valence-corrected chi connectivity index (χ0v) is 16.8. The Morgan fingerprint density at radius 2 is 2.00 bits per heavy atom. The van der Waals surface area contributed by atoms with Crippen molar-refractivity contribution < 1.29 is 23.8 Å². The van der Waals surface area contributed by atoms with Crippen molar-refractivity contribution in [1.29, 1.82) is 0 Å². The van der Waals surface area contributed by atoms with Crippen molar-refractivity contribution in [3.63, 3.8) is 0 Å². The number of benzene rings is 2. The molecule has 2 heterocycles. The van der Waals surface area contributed by atoms with Gasteiger partial charge in [-0.2, -0.15) is 5.21 Å². The number of fused-ring (bicyclic) bond motifs is 1. The van der Waals surface area contributed by atoms with Gasteiger partial charge >= 0.3 is 5.97 Å². The van der Waals surface area contributed by atoms with Crippen LogP contribution in [0.2, 0.25) is 0 Å². The van der Waals surface area contributed by atoms with Crippen LogP contribution in [0.3, 0.4) is 0 Å². The molecule has 30 heavy (non-hydrogen) atoms. The summed E-state index contributed by atoms with van der Waals surface area (Å²) in [5, 5.41) is 24.8. The molecule has 12 heteroatoms. The van der Waals surface area contributed by atoms with Crippen molar-refractivity contribution in [3.8, 4) is 5.75 Å². The summed E-state index contributed by atoms with van der Waals surface area (Å²) < 4.78 is 20.7. The number of H-pyrrole nitrogens is 1. The van der Waals surface area contributed by atoms with Crippen molar-refractivity contribution in [3.05, 3.63) is 52.7 Å². The summed E-state index contributed by atoms with van der Waals surface area (Å²) in [6, 6.07) is 9.23. The molecule has 0 spiro atoms. The molecule has 152 valence electrons. The van der Waals surface area contributed by atoms with Gasteiger partial charge in [-0.15, -0.1) is 16.4 Å². The van der Waals surface area contributed by atoms with Gasteiger partial charge in [0, 0.05) is 19.9 Å². The van der Waals surface area contributed by atoms with Crippen LogP contribution in [0.15, 0.2) is 46.2 Å². The molecule has 0 saturated heterocycles. The molecule has 2 aromatic carbocycles. The number of aromatic nitrogens is 4. The van der Waals surface area contributed by atoms with Crippen molar-refractivity contribution in [2.75, 3.05) is 12.4 Å². The number of carboxylic acids is 1. The Morgan fingerprint density at radius 1 is 1.23 bits per heavy atom. The Hall–Kier alpha value is -3.51. The van der Waals surface area contributed by atoms with E-state index >= 15 is 4.39 Å². The molecule has 0 saturated carbocycles. The number of nitrogens with zero attached hydrogens (tertiary/aromatic N) is 3. The molecule has 0 bridgehead atoms. The quantitative estimate of drug-likeness (QED) is 0.410. The molecule has 0 fully saturated rings. The number of hydrogen-bond acceptors (Lipinski definition) is 8. The molecule has 9 nitrogen and oxygen atoms in total. The highest BCUT2D eigenvalue weighted by atomic mass is 32.2. The number of aromatic carboxylic acids is 1. The number of carbonyl (C=O) groups excluding carboxylic acids is 1. The number of nitrogens with one attached hydrogen (secondary N) is 2. The topological polar surface area (TPSA) is 130 Å². The maximum absolute atomic E-state index is 15.1. The number of halogens is 1. The molecule has 1 amide bonds. The van der Waals surface area contributed by atoms with Gasteiger partial charge in [0.1, 0.15) is 4.88 Å². The standard InChI is InChI=1S/C18H12FN5O4S2/c1-28-10-6-7-11-12(13(10)19)14(29-9-4-2-8(3-5-9)17(26)27)15(30-11)16(25)20-18-21-23-24-22-18/h2-7H,1H3,(H,26,27)(H2,20,21,22,23,24,25). The molecule has 0 unspecified atom stereocenters. The maximum Gasteiger partial charge on any atom is 0.335 e. The van der Waals surface area contributed by atoms with Crippen LogP contribution >= 0.6 is 23.1 Å². The van der Waals surface area contributed by atoms with Crippen LogP contribution in [0.5, 0.6) is 5.75 Å². The van der Waals surface area contributed by atoms with Crippen molar-refractivity contribution in [2.24, 2.45) is 0 Å². The Labute approximate surface area is 176 Å². The number of methoxy groups -OCH3 is 1. The number of anilines is 1. The van der Waals surface area contributed by atoms with E-state index in [-0.39, 0.29) is 27.5 Å². The van der Waals surface area contributed by atoms with Gasteiger partial charge in [0.15, 0.2) is 11.6 Å². The average Bonchev–Trinajstić information content (AvgIpc) is 3.37. The minimum Gasteiger partial charge on any atom is -0.494 e. The van der Waals surface area contributed by atoms with Gasteiger partial charge in [0.2, 0.25) is 0 Å². The molecule has 0 aliphatic carbocycles. The van der Waals surface area contributed by atoms with Gasteiger partial charge in [0.05, 0.1) is 12.7 Å². The SMILES string of the molecule is COc1ccc2sc(C(=O)Nc3nn[nH]n3)c(Sc3ccc(C(=O)O)cc3)c2c1F. The number of aromatic amines is 1. The lowest BCUT2D eigenvalue weighted by Gasteiger charge is -2.07. The predicted molar refractivity (Wildman–Crippen MR) is 108 cm³/mol. The smallest absolute Gasteiger partial charge is 0.335 e. The van der Waals surface area contributed by atoms with E-state index in [0.29, 0.717) is 14.5 Å². The molecule has 4 aromatic rings. The number of rotatable bonds is 6. The molecule has 2 aromatic heterocycles. The maximum atomic E-state index is 15.1. The lowest BCUT2D eigenvalue weighted by Crippen LogP contribution is -2.12. The average molecular weight is 445 g/mol. The number of tetrazole rings is 1. The first-order valence-electron chi connectivity index (χ1n) is 8.33. The highest BCUT2D eigenvalue weighted by molar-refractivity contribution is 7.99. The minimum absolute atomic E-state index is 0.0164. The fraction of sp³-hybridized carbons (Fsp3) is 0.0556. The van der Waals surface area contributed by atoms with Crippen LogP contribution in [0, 0.1) is 5.82 Å². The van der Waals surface area contributed by atoms with Crippen molar-refractivity contribution >= 4 is 51.0 Å². The number of hydrogen-bond donors (Lipinski definition) is 3. The van der Waals surface area contributed by atoms with Gasteiger partial charge in [-0.25, -0.2) is 9.18 Å². The number of amides is 1. The van der Waals surface area contributed by atoms with Crippen LogP contribution in [0.4, 0.5) is 10.3 Å². The lowest BCUT2D eigenvalue weighted by molar-refractivity contribution is 0.0696. The first-order valence-corrected chi connectivity index (χ1v) is 9.96. The van der Waals surface area contributed by atoms with E-state index in [4.69, 9.17) is 9.84 Å². The van der Waals surface area contributed by atoms with E-state index in [1.165, 1.54) is 25.3 Å². The van der Waals surface area contributed by atoms with E-state index in [1.54, 1.807) is 18.2 Å². The Bertz CT molecular complexity index is 1240. The van der Waals surface area contributed by atoms with Gasteiger partial charge in [0.25, 0.3) is 11.9 Å². The Balaban J connectivity index is 1.81. The summed E-state index contributed by atoms with van der Waals surface area (Å²) in [6.45, 7) is 0. The van der Waals surface area contributed by atoms with E-state index in [9.17, 15) is 9.59 Å². The third-order valence-electron chi connectivity index (χ3n) is 4.03. The van der Waals surface area contributed by atoms with Crippen LogP contribution < -0.4 is 10.1 Å². The predicted octanol–water partition coefficient (Wildman–Crippen LogP) is 3.66. The first-order chi connectivity index (χ1) is 14.5. The molecular weight excluding hydrogens is 433 g/mol. The number of carbonyl (C=O) groups is 2. The fourth-order valence-electron chi connectivity index (χ4n) is 2.67. The summed E-state index contributed by atoms with van der Waals surface area (Å²) >= 11 is 2.25. The Kier molecular flexibility index (Phi) is 5.33. The lowest BCUT2D eigenvalue weighted by atomic mass is 10.2. The van der Waals surface area contributed by atoms with Crippen LogP contribution in [-0.4, -0.2) is 44.7 Å². The Morgan fingerprint density at radius 3 is 2.63 bits per heavy atom. The minimum atomic E-state index is -1.05. The van der Waals surface area contributed by atoms with Crippen LogP contribution in [0.25, 0.3) is 10.1 Å². The van der Waals surface area contributed by atoms with E-state index < -0.39 is 17.7 Å². The molecular formula is C18H12FN5O4S2. The van der Waals surface area contributed by atoms with Crippen molar-refractivity contribution in [2.45, 2.75) is 9.79 Å². The van der Waals surface area contributed by atoms with E-state index in [2.05, 4.69) is 25.9 Å². The second-order valence-electron chi connectivity index (χ2n) is 5.84.